The van der Waals surface area contributed by atoms with Gasteiger partial charge in [-0.1, -0.05) is 26.0 Å². The Kier molecular flexibility index (Phi) is 6.36. The third kappa shape index (κ3) is 5.03. The van der Waals surface area contributed by atoms with Crippen LogP contribution in [0.15, 0.2) is 41.4 Å². The van der Waals surface area contributed by atoms with E-state index in [1.165, 1.54) is 18.3 Å². The molecule has 0 radical (unpaired) electrons. The summed E-state index contributed by atoms with van der Waals surface area (Å²) in [4.78, 5) is 15.9. The molecule has 0 saturated heterocycles. The fourth-order valence-corrected chi connectivity index (χ4v) is 4.02. The summed E-state index contributed by atoms with van der Waals surface area (Å²) in [7, 11) is -3.82. The van der Waals surface area contributed by atoms with E-state index in [4.69, 9.17) is 4.74 Å². The molecule has 2 N–H and O–H groups in total. The molecule has 3 rings (SSSR count). The van der Waals surface area contributed by atoms with Crippen molar-refractivity contribution in [3.05, 3.63) is 47.8 Å². The average molecular weight is 421 g/mol. The summed E-state index contributed by atoms with van der Waals surface area (Å²) in [5, 5.41) is 2.86. The van der Waals surface area contributed by atoms with Crippen molar-refractivity contribution in [1.82, 2.24) is 10.3 Å². The highest BCUT2D eigenvalue weighted by Crippen LogP contribution is 2.27. The zero-order valence-corrected chi connectivity index (χ0v) is 17.1. The molecule has 1 unspecified atom stereocenters. The second-order valence-electron chi connectivity index (χ2n) is 7.03. The summed E-state index contributed by atoms with van der Waals surface area (Å²) in [6.45, 7) is 3.30. The zero-order chi connectivity index (χ0) is 21.0. The van der Waals surface area contributed by atoms with Gasteiger partial charge in [0.2, 0.25) is 5.91 Å². The summed E-state index contributed by atoms with van der Waals surface area (Å²) >= 11 is 0. The monoisotopic (exact) mass is 421 g/mol. The van der Waals surface area contributed by atoms with Crippen molar-refractivity contribution in [3.63, 3.8) is 0 Å². The number of benzene rings is 1. The Morgan fingerprint density at radius 3 is 2.72 bits per heavy atom. The predicted molar refractivity (Wildman–Crippen MR) is 107 cm³/mol. The number of hydrogen-bond donors (Lipinski definition) is 2. The highest BCUT2D eigenvalue weighted by Gasteiger charge is 2.23. The Balaban J connectivity index is 1.71. The van der Waals surface area contributed by atoms with Crippen molar-refractivity contribution in [1.29, 1.82) is 0 Å². The fourth-order valence-electron chi connectivity index (χ4n) is 2.99. The molecule has 156 valence electrons. The molecule has 7 nitrogen and oxygen atoms in total. The van der Waals surface area contributed by atoms with Crippen LogP contribution in [0.3, 0.4) is 0 Å². The summed E-state index contributed by atoms with van der Waals surface area (Å²) < 4.78 is 46.2. The maximum absolute atomic E-state index is 12.8. The predicted octanol–water partition coefficient (Wildman–Crippen LogP) is 2.79. The van der Waals surface area contributed by atoms with Gasteiger partial charge in [0, 0.05) is 24.8 Å². The summed E-state index contributed by atoms with van der Waals surface area (Å²) in [5.41, 5.74) is 1.67. The van der Waals surface area contributed by atoms with Crippen LogP contribution in [0.25, 0.3) is 0 Å². The lowest BCUT2D eigenvalue weighted by Gasteiger charge is -2.25. The molecule has 2 atom stereocenters. The Labute approximate surface area is 169 Å². The molecule has 2 heterocycles. The van der Waals surface area contributed by atoms with E-state index in [0.717, 1.165) is 5.56 Å². The van der Waals surface area contributed by atoms with E-state index >= 15 is 0 Å². The quantitative estimate of drug-likeness (QED) is 0.717. The van der Waals surface area contributed by atoms with Crippen molar-refractivity contribution in [2.75, 3.05) is 18.0 Å². The number of aromatic nitrogens is 1. The molecule has 1 aromatic heterocycles. The van der Waals surface area contributed by atoms with Crippen molar-refractivity contribution < 1.29 is 22.3 Å². The first-order valence-electron chi connectivity index (χ1n) is 9.42. The van der Waals surface area contributed by atoms with Gasteiger partial charge in [-0.3, -0.25) is 18.9 Å². The molecule has 1 aliphatic rings. The van der Waals surface area contributed by atoms with Crippen LogP contribution in [0.2, 0.25) is 0 Å². The maximum atomic E-state index is 12.8. The number of pyridine rings is 1. The first-order valence-corrected chi connectivity index (χ1v) is 10.9. The standard InChI is InChI=1S/C20H24FN3O4S/c1-3-20(25)23-16-8-18-19(28-12-16)9-15(11-22-18)24-29(26,27)17-6-4-14(5-7-17)13(2)10-21/h4-7,9,11,13,16,24H,3,8,10,12H2,1-2H3,(H,23,25)/t13-,16?/m1/s1. The number of carbonyl (C=O) groups excluding carboxylic acids is 1. The molecule has 0 fully saturated rings. The van der Waals surface area contributed by atoms with Crippen LogP contribution >= 0.6 is 0 Å². The Morgan fingerprint density at radius 2 is 2.07 bits per heavy atom. The first kappa shape index (κ1) is 21.0. The van der Waals surface area contributed by atoms with Gasteiger partial charge in [0.1, 0.15) is 12.4 Å². The summed E-state index contributed by atoms with van der Waals surface area (Å²) in [6, 6.07) is 7.54. The number of fused-ring (bicyclic) bond motifs is 1. The lowest BCUT2D eigenvalue weighted by atomic mass is 10.0. The molecular weight excluding hydrogens is 397 g/mol. The van der Waals surface area contributed by atoms with Gasteiger partial charge in [0.25, 0.3) is 10.0 Å². The van der Waals surface area contributed by atoms with Crippen LogP contribution in [0, 0.1) is 0 Å². The Bertz CT molecular complexity index is 980. The van der Waals surface area contributed by atoms with Crippen molar-refractivity contribution in [3.8, 4) is 5.75 Å². The fraction of sp³-hybridized carbons (Fsp3) is 0.400. The van der Waals surface area contributed by atoms with Crippen molar-refractivity contribution in [2.45, 2.75) is 43.5 Å². The molecule has 0 saturated carbocycles. The third-order valence-electron chi connectivity index (χ3n) is 4.74. The molecule has 0 bridgehead atoms. The number of rotatable bonds is 7. The number of nitrogens with one attached hydrogen (secondary N) is 2. The second kappa shape index (κ2) is 8.77. The summed E-state index contributed by atoms with van der Waals surface area (Å²) in [5.74, 6) is 0.144. The Hall–Kier alpha value is -2.68. The van der Waals surface area contributed by atoms with E-state index in [-0.39, 0.29) is 28.4 Å². The first-order chi connectivity index (χ1) is 13.8. The molecule has 1 aliphatic heterocycles. The number of amides is 1. The van der Waals surface area contributed by atoms with E-state index in [2.05, 4.69) is 15.0 Å². The topological polar surface area (TPSA) is 97.4 Å². The van der Waals surface area contributed by atoms with Crippen LogP contribution in [-0.4, -0.2) is 38.6 Å². The number of sulfonamides is 1. The van der Waals surface area contributed by atoms with E-state index in [0.29, 0.717) is 30.9 Å². The highest BCUT2D eigenvalue weighted by molar-refractivity contribution is 7.92. The number of carbonyl (C=O) groups is 1. The van der Waals surface area contributed by atoms with Crippen LogP contribution in [0.4, 0.5) is 10.1 Å². The zero-order valence-electron chi connectivity index (χ0n) is 16.3. The molecule has 0 aliphatic carbocycles. The smallest absolute Gasteiger partial charge is 0.261 e. The maximum Gasteiger partial charge on any atom is 0.261 e. The lowest BCUT2D eigenvalue weighted by molar-refractivity contribution is -0.121. The van der Waals surface area contributed by atoms with E-state index in [1.54, 1.807) is 32.0 Å². The number of hydrogen-bond acceptors (Lipinski definition) is 5. The molecule has 2 aromatic rings. The van der Waals surface area contributed by atoms with E-state index in [9.17, 15) is 17.6 Å². The van der Waals surface area contributed by atoms with Gasteiger partial charge in [-0.15, -0.1) is 0 Å². The minimum Gasteiger partial charge on any atom is -0.489 e. The highest BCUT2D eigenvalue weighted by atomic mass is 32.2. The van der Waals surface area contributed by atoms with Gasteiger partial charge in [-0.25, -0.2) is 8.42 Å². The molecule has 1 aromatic carbocycles. The molecular formula is C20H24FN3O4S. The van der Waals surface area contributed by atoms with Crippen LogP contribution in [0.5, 0.6) is 5.75 Å². The van der Waals surface area contributed by atoms with Gasteiger partial charge in [-0.05, 0) is 17.7 Å². The number of ether oxygens (including phenoxy) is 1. The van der Waals surface area contributed by atoms with Gasteiger partial charge >= 0.3 is 0 Å². The average Bonchev–Trinajstić information content (AvgIpc) is 2.73. The third-order valence-corrected chi connectivity index (χ3v) is 6.14. The molecule has 9 heteroatoms. The Morgan fingerprint density at radius 1 is 1.34 bits per heavy atom. The number of nitrogens with zero attached hydrogens (tertiary/aromatic N) is 1. The van der Waals surface area contributed by atoms with Crippen molar-refractivity contribution in [2.24, 2.45) is 0 Å². The number of halogens is 1. The van der Waals surface area contributed by atoms with E-state index in [1.807, 2.05) is 0 Å². The SMILES string of the molecule is CCC(=O)NC1COc2cc(NS(=O)(=O)c3ccc([C@H](C)CF)cc3)cnc2C1. The normalized spacial score (nSPS) is 17.0. The number of alkyl halides is 1. The minimum atomic E-state index is -3.82. The van der Waals surface area contributed by atoms with Crippen LogP contribution in [-0.2, 0) is 21.2 Å². The van der Waals surface area contributed by atoms with E-state index < -0.39 is 16.7 Å². The largest absolute Gasteiger partial charge is 0.489 e. The van der Waals surface area contributed by atoms with Gasteiger partial charge in [0.15, 0.2) is 0 Å². The second-order valence-corrected chi connectivity index (χ2v) is 8.71. The minimum absolute atomic E-state index is 0.0571. The van der Waals surface area contributed by atoms with Gasteiger partial charge in [-0.2, -0.15) is 0 Å². The van der Waals surface area contributed by atoms with Crippen molar-refractivity contribution >= 4 is 21.6 Å². The summed E-state index contributed by atoms with van der Waals surface area (Å²) in [6.07, 6.45) is 2.33. The van der Waals surface area contributed by atoms with Gasteiger partial charge < -0.3 is 10.1 Å². The molecule has 1 amide bonds. The van der Waals surface area contributed by atoms with Crippen LogP contribution in [0.1, 0.15) is 37.4 Å². The molecule has 29 heavy (non-hydrogen) atoms. The number of anilines is 1. The lowest BCUT2D eigenvalue weighted by Crippen LogP contribution is -2.42. The molecule has 0 spiro atoms. The van der Waals surface area contributed by atoms with Gasteiger partial charge in [0.05, 0.1) is 35.2 Å². The van der Waals surface area contributed by atoms with Crippen LogP contribution < -0.4 is 14.8 Å².